The van der Waals surface area contributed by atoms with Crippen LogP contribution in [0.2, 0.25) is 0 Å². The molecule has 0 bridgehead atoms. The fourth-order valence-electron chi connectivity index (χ4n) is 1.97. The molecule has 18 heavy (non-hydrogen) atoms. The highest BCUT2D eigenvalue weighted by molar-refractivity contribution is 5.51. The van der Waals surface area contributed by atoms with Gasteiger partial charge in [0.1, 0.15) is 5.69 Å². The highest BCUT2D eigenvalue weighted by Crippen LogP contribution is 2.20. The lowest BCUT2D eigenvalue weighted by atomic mass is 10.2. The number of nitrogens with one attached hydrogen (secondary N) is 1. The van der Waals surface area contributed by atoms with E-state index in [1.165, 1.54) is 10.7 Å². The first-order valence-electron chi connectivity index (χ1n) is 5.60. The van der Waals surface area contributed by atoms with Crippen molar-refractivity contribution in [2.45, 2.75) is 20.3 Å². The maximum Gasteiger partial charge on any atom is 0.294 e. The summed E-state index contributed by atoms with van der Waals surface area (Å²) in [5, 5.41) is 13.8. The molecule has 0 fully saturated rings. The van der Waals surface area contributed by atoms with E-state index in [1.807, 2.05) is 6.92 Å². The van der Waals surface area contributed by atoms with Gasteiger partial charge in [-0.2, -0.15) is 0 Å². The molecule has 6 nitrogen and oxygen atoms in total. The third kappa shape index (κ3) is 1.81. The molecule has 1 N–H and O–H groups in total. The summed E-state index contributed by atoms with van der Waals surface area (Å²) in [4.78, 5) is 22.6. The van der Waals surface area contributed by atoms with Gasteiger partial charge in [-0.05, 0) is 19.4 Å². The molecule has 0 aliphatic carbocycles. The van der Waals surface area contributed by atoms with E-state index in [1.54, 1.807) is 25.1 Å². The maximum absolute atomic E-state index is 12.1. The van der Waals surface area contributed by atoms with Crippen LogP contribution in [0.1, 0.15) is 18.2 Å². The number of para-hydroxylation sites is 2. The fraction of sp³-hybridized carbons (Fsp3) is 0.250. The zero-order chi connectivity index (χ0) is 13.3. The molecule has 0 saturated heterocycles. The Hall–Kier alpha value is -2.37. The number of aromatic nitrogens is 2. The van der Waals surface area contributed by atoms with E-state index in [2.05, 4.69) is 5.10 Å². The summed E-state index contributed by atoms with van der Waals surface area (Å²) in [6.07, 6.45) is 0.592. The van der Waals surface area contributed by atoms with Gasteiger partial charge in [-0.3, -0.25) is 20.0 Å². The number of aryl methyl sites for hydroxylation is 1. The summed E-state index contributed by atoms with van der Waals surface area (Å²) >= 11 is 0. The van der Waals surface area contributed by atoms with Crippen LogP contribution in [0.4, 0.5) is 5.69 Å². The zero-order valence-corrected chi connectivity index (χ0v) is 10.1. The molecule has 0 atom stereocenters. The number of nitrogens with zero attached hydrogens (tertiary/aromatic N) is 2. The summed E-state index contributed by atoms with van der Waals surface area (Å²) in [5.74, 6) is 0. The monoisotopic (exact) mass is 247 g/mol. The van der Waals surface area contributed by atoms with Crippen LogP contribution >= 0.6 is 0 Å². The van der Waals surface area contributed by atoms with Gasteiger partial charge in [-0.15, -0.1) is 0 Å². The van der Waals surface area contributed by atoms with Gasteiger partial charge in [-0.1, -0.05) is 19.1 Å². The number of nitro benzene ring substituents is 1. The van der Waals surface area contributed by atoms with Gasteiger partial charge in [0.25, 0.3) is 11.2 Å². The Bertz CT molecular complexity index is 655. The van der Waals surface area contributed by atoms with E-state index in [9.17, 15) is 14.9 Å². The van der Waals surface area contributed by atoms with Crippen molar-refractivity contribution in [1.82, 2.24) is 9.78 Å². The van der Waals surface area contributed by atoms with Crippen LogP contribution in [0.25, 0.3) is 5.69 Å². The van der Waals surface area contributed by atoms with Crippen LogP contribution < -0.4 is 5.56 Å². The Kier molecular flexibility index (Phi) is 3.01. The van der Waals surface area contributed by atoms with Crippen molar-refractivity contribution in [2.24, 2.45) is 0 Å². The predicted molar refractivity (Wildman–Crippen MR) is 67.2 cm³/mol. The average Bonchev–Trinajstić information content (AvgIpc) is 2.64. The number of hydrogen-bond acceptors (Lipinski definition) is 3. The van der Waals surface area contributed by atoms with Crippen LogP contribution in [-0.2, 0) is 6.42 Å². The standard InChI is InChI=1S/C12H13N3O3/c1-3-9-8(2)13-14(12(9)16)10-6-4-5-7-11(10)15(17)18/h4-7,13H,3H2,1-2H3. The lowest BCUT2D eigenvalue weighted by molar-refractivity contribution is -0.384. The Morgan fingerprint density at radius 1 is 1.39 bits per heavy atom. The highest BCUT2D eigenvalue weighted by atomic mass is 16.6. The molecule has 2 aromatic rings. The van der Waals surface area contributed by atoms with Gasteiger partial charge in [0.2, 0.25) is 0 Å². The van der Waals surface area contributed by atoms with Gasteiger partial charge >= 0.3 is 0 Å². The number of nitro groups is 1. The van der Waals surface area contributed by atoms with Crippen molar-refractivity contribution in [3.63, 3.8) is 0 Å². The molecule has 0 aliphatic heterocycles. The van der Waals surface area contributed by atoms with E-state index in [0.29, 0.717) is 12.0 Å². The number of benzene rings is 1. The maximum atomic E-state index is 12.1. The van der Waals surface area contributed by atoms with Crippen LogP contribution in [0, 0.1) is 17.0 Å². The number of hydrogen-bond donors (Lipinski definition) is 1. The van der Waals surface area contributed by atoms with Gasteiger partial charge < -0.3 is 0 Å². The normalized spacial score (nSPS) is 10.6. The van der Waals surface area contributed by atoms with Gasteiger partial charge in [0, 0.05) is 17.3 Å². The molecule has 1 aromatic heterocycles. The minimum Gasteiger partial charge on any atom is -0.295 e. The zero-order valence-electron chi connectivity index (χ0n) is 10.1. The highest BCUT2D eigenvalue weighted by Gasteiger charge is 2.18. The van der Waals surface area contributed by atoms with Gasteiger partial charge in [0.15, 0.2) is 0 Å². The quantitative estimate of drug-likeness (QED) is 0.664. The second-order valence-corrected chi connectivity index (χ2v) is 3.96. The van der Waals surface area contributed by atoms with E-state index >= 15 is 0 Å². The average molecular weight is 247 g/mol. The van der Waals surface area contributed by atoms with E-state index < -0.39 is 4.92 Å². The summed E-state index contributed by atoms with van der Waals surface area (Å²) in [6, 6.07) is 6.16. The van der Waals surface area contributed by atoms with Crippen molar-refractivity contribution in [2.75, 3.05) is 0 Å². The summed E-state index contributed by atoms with van der Waals surface area (Å²) in [5.41, 5.74) is 1.32. The topological polar surface area (TPSA) is 80.9 Å². The van der Waals surface area contributed by atoms with Crippen LogP contribution in [-0.4, -0.2) is 14.7 Å². The third-order valence-electron chi connectivity index (χ3n) is 2.87. The van der Waals surface area contributed by atoms with Gasteiger partial charge in [0.05, 0.1) is 4.92 Å². The van der Waals surface area contributed by atoms with Crippen LogP contribution in [0.15, 0.2) is 29.1 Å². The van der Waals surface area contributed by atoms with Crippen molar-refractivity contribution in [3.05, 3.63) is 56.0 Å². The minimum atomic E-state index is -0.496. The minimum absolute atomic E-state index is 0.0940. The summed E-state index contributed by atoms with van der Waals surface area (Å²) < 4.78 is 1.23. The lowest BCUT2D eigenvalue weighted by Gasteiger charge is -2.02. The fourth-order valence-corrected chi connectivity index (χ4v) is 1.97. The molecule has 0 amide bonds. The number of rotatable bonds is 3. The smallest absolute Gasteiger partial charge is 0.294 e. The predicted octanol–water partition coefficient (Wildman–Crippen LogP) is 1.94. The first-order valence-corrected chi connectivity index (χ1v) is 5.60. The first-order chi connectivity index (χ1) is 8.56. The van der Waals surface area contributed by atoms with Crippen molar-refractivity contribution >= 4 is 5.69 Å². The van der Waals surface area contributed by atoms with Gasteiger partial charge in [-0.25, -0.2) is 4.68 Å². The van der Waals surface area contributed by atoms with Crippen molar-refractivity contribution < 1.29 is 4.92 Å². The Morgan fingerprint density at radius 2 is 2.06 bits per heavy atom. The molecule has 0 aliphatic rings. The van der Waals surface area contributed by atoms with Crippen molar-refractivity contribution in [1.29, 1.82) is 0 Å². The van der Waals surface area contributed by atoms with Crippen molar-refractivity contribution in [3.8, 4) is 5.69 Å². The number of H-pyrrole nitrogens is 1. The number of aromatic amines is 1. The second-order valence-electron chi connectivity index (χ2n) is 3.96. The molecule has 94 valence electrons. The van der Waals surface area contributed by atoms with E-state index in [-0.39, 0.29) is 16.9 Å². The lowest BCUT2D eigenvalue weighted by Crippen LogP contribution is -2.18. The Balaban J connectivity index is 2.70. The summed E-state index contributed by atoms with van der Waals surface area (Å²) in [7, 11) is 0. The molecule has 2 rings (SSSR count). The molecular formula is C12H13N3O3. The third-order valence-corrected chi connectivity index (χ3v) is 2.87. The van der Waals surface area contributed by atoms with Crippen LogP contribution in [0.3, 0.4) is 0 Å². The van der Waals surface area contributed by atoms with Crippen LogP contribution in [0.5, 0.6) is 0 Å². The molecule has 1 aromatic carbocycles. The Morgan fingerprint density at radius 3 is 2.61 bits per heavy atom. The molecule has 0 saturated carbocycles. The largest absolute Gasteiger partial charge is 0.295 e. The molecule has 0 unspecified atom stereocenters. The van der Waals surface area contributed by atoms with E-state index in [0.717, 1.165) is 5.69 Å². The first kappa shape index (κ1) is 12.1. The summed E-state index contributed by atoms with van der Waals surface area (Å²) in [6.45, 7) is 3.66. The SMILES string of the molecule is CCc1c(C)[nH]n(-c2ccccc2[N+](=O)[O-])c1=O. The molecule has 0 radical (unpaired) electrons. The molecular weight excluding hydrogens is 234 g/mol. The Labute approximate surface area is 103 Å². The second kappa shape index (κ2) is 4.48. The molecule has 6 heteroatoms. The van der Waals surface area contributed by atoms with E-state index in [4.69, 9.17) is 0 Å². The molecule has 1 heterocycles. The molecule has 0 spiro atoms.